The van der Waals surface area contributed by atoms with Gasteiger partial charge in [0.2, 0.25) is 0 Å². The van der Waals surface area contributed by atoms with E-state index in [2.05, 4.69) is 19.2 Å². The van der Waals surface area contributed by atoms with Gasteiger partial charge in [-0.25, -0.2) is 4.79 Å². The van der Waals surface area contributed by atoms with Gasteiger partial charge in [0.25, 0.3) is 0 Å². The molecular formula is C53H97NO15. The van der Waals surface area contributed by atoms with Crippen molar-refractivity contribution < 1.29 is 71.2 Å². The zero-order valence-electron chi connectivity index (χ0n) is 43.3. The Morgan fingerprint density at radius 2 is 0.609 bits per heavy atom. The largest absolute Gasteiger partial charge is 0.463 e. The van der Waals surface area contributed by atoms with E-state index in [0.29, 0.717) is 157 Å². The van der Waals surface area contributed by atoms with Crippen LogP contribution in [0.3, 0.4) is 0 Å². The summed E-state index contributed by atoms with van der Waals surface area (Å²) >= 11 is 0. The van der Waals surface area contributed by atoms with E-state index in [1.165, 1.54) is 83.5 Å². The SMILES string of the molecule is CCCCCCCCCCCCCCCCCC(=O)OCCOCCOCCOCCOCCOCCOCCOCCOCCOCCOCCOCCOC(=O)c1ccc(NCCCC)cc1. The zero-order valence-corrected chi connectivity index (χ0v) is 43.3. The first-order valence-electron chi connectivity index (χ1n) is 26.7. The van der Waals surface area contributed by atoms with E-state index >= 15 is 0 Å². The van der Waals surface area contributed by atoms with Crippen LogP contribution in [0.15, 0.2) is 24.3 Å². The molecule has 0 aliphatic carbocycles. The lowest BCUT2D eigenvalue weighted by molar-refractivity contribution is -0.145. The van der Waals surface area contributed by atoms with Gasteiger partial charge in [0, 0.05) is 18.7 Å². The smallest absolute Gasteiger partial charge is 0.338 e. The highest BCUT2D eigenvalue weighted by Gasteiger charge is 2.07. The number of hydrogen-bond acceptors (Lipinski definition) is 16. The van der Waals surface area contributed by atoms with Crippen molar-refractivity contribution in [3.63, 3.8) is 0 Å². The van der Waals surface area contributed by atoms with Crippen LogP contribution in [0.2, 0.25) is 0 Å². The molecule has 0 aromatic heterocycles. The van der Waals surface area contributed by atoms with Crippen molar-refractivity contribution in [2.75, 3.05) is 170 Å². The fourth-order valence-corrected chi connectivity index (χ4v) is 6.64. The molecule has 0 spiro atoms. The van der Waals surface area contributed by atoms with Crippen LogP contribution in [0.25, 0.3) is 0 Å². The van der Waals surface area contributed by atoms with Gasteiger partial charge in [0.05, 0.1) is 151 Å². The van der Waals surface area contributed by atoms with Crippen LogP contribution in [0.4, 0.5) is 5.69 Å². The molecular weight excluding hydrogens is 891 g/mol. The van der Waals surface area contributed by atoms with E-state index in [1.807, 2.05) is 12.1 Å². The second kappa shape index (κ2) is 54.8. The Balaban J connectivity index is 1.66. The summed E-state index contributed by atoms with van der Waals surface area (Å²) in [6.07, 6.45) is 22.4. The number of hydrogen-bond donors (Lipinski definition) is 1. The fraction of sp³-hybridized carbons (Fsp3) is 0.849. The zero-order chi connectivity index (χ0) is 49.4. The first-order chi connectivity index (χ1) is 34.2. The molecule has 0 radical (unpaired) electrons. The van der Waals surface area contributed by atoms with E-state index in [0.717, 1.165) is 37.9 Å². The Bertz CT molecular complexity index is 1200. The summed E-state index contributed by atoms with van der Waals surface area (Å²) in [6, 6.07) is 7.29. The predicted octanol–water partition coefficient (Wildman–Crippen LogP) is 9.04. The molecule has 16 nitrogen and oxygen atoms in total. The Morgan fingerprint density at radius 1 is 0.333 bits per heavy atom. The van der Waals surface area contributed by atoms with Gasteiger partial charge < -0.3 is 66.9 Å². The molecule has 404 valence electrons. The summed E-state index contributed by atoms with van der Waals surface area (Å²) in [5.41, 5.74) is 1.51. The molecule has 0 saturated carbocycles. The fourth-order valence-electron chi connectivity index (χ4n) is 6.64. The molecule has 1 N–H and O–H groups in total. The van der Waals surface area contributed by atoms with Crippen LogP contribution in [0.1, 0.15) is 140 Å². The molecule has 0 fully saturated rings. The van der Waals surface area contributed by atoms with Crippen LogP contribution >= 0.6 is 0 Å². The molecule has 1 rings (SSSR count). The third kappa shape index (κ3) is 48.9. The van der Waals surface area contributed by atoms with Crippen molar-refractivity contribution >= 4 is 17.6 Å². The lowest BCUT2D eigenvalue weighted by Crippen LogP contribution is -2.16. The number of carbonyl (C=O) groups excluding carboxylic acids is 2. The van der Waals surface area contributed by atoms with Gasteiger partial charge in [-0.3, -0.25) is 4.79 Å². The van der Waals surface area contributed by atoms with Crippen LogP contribution in [0.5, 0.6) is 0 Å². The van der Waals surface area contributed by atoms with Gasteiger partial charge in [-0.05, 0) is 37.1 Å². The molecule has 0 unspecified atom stereocenters. The molecule has 0 aliphatic heterocycles. The van der Waals surface area contributed by atoms with Gasteiger partial charge in [-0.1, -0.05) is 110 Å². The Morgan fingerprint density at radius 3 is 0.928 bits per heavy atom. The lowest BCUT2D eigenvalue weighted by atomic mass is 10.0. The molecule has 0 bridgehead atoms. The van der Waals surface area contributed by atoms with Crippen molar-refractivity contribution in [1.82, 2.24) is 0 Å². The van der Waals surface area contributed by atoms with Crippen LogP contribution in [-0.4, -0.2) is 177 Å². The van der Waals surface area contributed by atoms with Gasteiger partial charge in [0.15, 0.2) is 0 Å². The highest BCUT2D eigenvalue weighted by atomic mass is 16.6. The number of unbranched alkanes of at least 4 members (excludes halogenated alkanes) is 15. The summed E-state index contributed by atoms with van der Waals surface area (Å²) in [6.45, 7) is 15.9. The van der Waals surface area contributed by atoms with Crippen molar-refractivity contribution in [3.8, 4) is 0 Å². The van der Waals surface area contributed by atoms with E-state index < -0.39 is 0 Å². The molecule has 0 atom stereocenters. The van der Waals surface area contributed by atoms with E-state index in [9.17, 15) is 9.59 Å². The average molecular weight is 988 g/mol. The number of carbonyl (C=O) groups is 2. The summed E-state index contributed by atoms with van der Waals surface area (Å²) in [7, 11) is 0. The molecule has 16 heteroatoms. The molecule has 0 aliphatic rings. The van der Waals surface area contributed by atoms with Gasteiger partial charge in [0.1, 0.15) is 13.2 Å². The third-order valence-corrected chi connectivity index (χ3v) is 10.6. The predicted molar refractivity (Wildman–Crippen MR) is 270 cm³/mol. The Hall–Kier alpha value is -2.48. The highest BCUT2D eigenvalue weighted by molar-refractivity contribution is 5.89. The summed E-state index contributed by atoms with van der Waals surface area (Å²) in [5.74, 6) is -0.499. The Labute approximate surface area is 417 Å². The molecule has 69 heavy (non-hydrogen) atoms. The lowest BCUT2D eigenvalue weighted by Gasteiger charge is -2.09. The number of benzene rings is 1. The first-order valence-corrected chi connectivity index (χ1v) is 26.7. The number of anilines is 1. The third-order valence-electron chi connectivity index (χ3n) is 10.6. The first kappa shape index (κ1) is 64.5. The quantitative estimate of drug-likeness (QED) is 0.0485. The molecule has 1 aromatic rings. The second-order valence-electron chi connectivity index (χ2n) is 16.6. The van der Waals surface area contributed by atoms with E-state index in [4.69, 9.17) is 61.6 Å². The monoisotopic (exact) mass is 988 g/mol. The van der Waals surface area contributed by atoms with Crippen LogP contribution in [0, 0.1) is 0 Å². The van der Waals surface area contributed by atoms with Gasteiger partial charge in [-0.15, -0.1) is 0 Å². The minimum Gasteiger partial charge on any atom is -0.463 e. The molecule has 0 amide bonds. The van der Waals surface area contributed by atoms with Gasteiger partial charge in [-0.2, -0.15) is 0 Å². The maximum atomic E-state index is 12.2. The van der Waals surface area contributed by atoms with E-state index in [1.54, 1.807) is 12.1 Å². The van der Waals surface area contributed by atoms with E-state index in [-0.39, 0.29) is 25.2 Å². The topological polar surface area (TPSA) is 166 Å². The average Bonchev–Trinajstić information content (AvgIpc) is 3.36. The minimum atomic E-state index is -0.364. The normalized spacial score (nSPS) is 11.4. The molecule has 0 heterocycles. The number of rotatable bonds is 57. The maximum absolute atomic E-state index is 12.2. The van der Waals surface area contributed by atoms with Crippen molar-refractivity contribution in [2.45, 2.75) is 129 Å². The van der Waals surface area contributed by atoms with Crippen LogP contribution < -0.4 is 5.32 Å². The summed E-state index contributed by atoms with van der Waals surface area (Å²) in [5, 5.41) is 3.32. The summed E-state index contributed by atoms with van der Waals surface area (Å²) in [4.78, 5) is 24.1. The number of nitrogens with one attached hydrogen (secondary N) is 1. The van der Waals surface area contributed by atoms with Crippen molar-refractivity contribution in [3.05, 3.63) is 29.8 Å². The number of ether oxygens (including phenoxy) is 13. The molecule has 1 aromatic carbocycles. The summed E-state index contributed by atoms with van der Waals surface area (Å²) < 4.78 is 71.1. The highest BCUT2D eigenvalue weighted by Crippen LogP contribution is 2.14. The van der Waals surface area contributed by atoms with Crippen molar-refractivity contribution in [2.24, 2.45) is 0 Å². The minimum absolute atomic E-state index is 0.135. The second-order valence-corrected chi connectivity index (χ2v) is 16.6. The maximum Gasteiger partial charge on any atom is 0.338 e. The standard InChI is InChI=1S/C53H97NO15/c1-3-5-7-8-9-10-11-12-13-14-15-16-17-18-19-20-52(55)68-48-46-66-44-42-64-40-38-62-36-34-60-32-30-58-28-26-57-27-29-59-31-33-61-35-37-63-39-41-65-43-45-67-47-49-69-53(56)50-21-23-51(24-22-50)54-25-6-4-2/h21-24,54H,3-20,25-49H2,1-2H3. The Kier molecular flexibility index (Phi) is 51.3. The van der Waals surface area contributed by atoms with Crippen molar-refractivity contribution in [1.29, 1.82) is 0 Å². The molecule has 0 saturated heterocycles. The number of esters is 2. The van der Waals surface area contributed by atoms with Gasteiger partial charge >= 0.3 is 11.9 Å². The van der Waals surface area contributed by atoms with Crippen LogP contribution in [-0.2, 0) is 66.4 Å².